The molecule has 0 spiro atoms. The van der Waals surface area contributed by atoms with Crippen LogP contribution in [0.2, 0.25) is 0 Å². The van der Waals surface area contributed by atoms with E-state index in [-0.39, 0.29) is 0 Å². The van der Waals surface area contributed by atoms with E-state index in [0.717, 1.165) is 33.8 Å². The fraction of sp³-hybridized carbons (Fsp3) is 0.200. The first-order chi connectivity index (χ1) is 10.6. The molecule has 0 amide bonds. The van der Waals surface area contributed by atoms with Crippen molar-refractivity contribution in [1.29, 1.82) is 0 Å². The number of ether oxygens (including phenoxy) is 2. The first-order valence-corrected chi connectivity index (χ1v) is 7.36. The maximum Gasteiger partial charge on any atom is 0.126 e. The molecule has 4 aliphatic carbocycles. The zero-order valence-electron chi connectivity index (χ0n) is 13.4. The lowest BCUT2D eigenvalue weighted by atomic mass is 9.97. The van der Waals surface area contributed by atoms with Crippen LogP contribution in [0.15, 0.2) is 24.3 Å². The van der Waals surface area contributed by atoms with Crippen LogP contribution < -0.4 is 9.47 Å². The molecule has 0 heterocycles. The van der Waals surface area contributed by atoms with Crippen LogP contribution in [-0.2, 0) is 0 Å². The van der Waals surface area contributed by atoms with Gasteiger partial charge >= 0.3 is 0 Å². The lowest BCUT2D eigenvalue weighted by molar-refractivity contribution is 0.413. The minimum Gasteiger partial charge on any atom is -0.496 e. The van der Waals surface area contributed by atoms with Gasteiger partial charge in [-0.1, -0.05) is 24.3 Å². The van der Waals surface area contributed by atoms with Crippen molar-refractivity contribution >= 4 is 24.3 Å². The molecule has 22 heavy (non-hydrogen) atoms. The fourth-order valence-corrected chi connectivity index (χ4v) is 2.78. The standard InChI is InChI=1S/C20H20O2/c1-13-9-17-7-8-18-10-14(2)16(12-20(18)22-4)6-5-15(13)11-19(17)21-3/h5-12H,1-4H3/b6-5-,8-7-,15-5?,16-6?,17-7?,18-8?. The maximum absolute atomic E-state index is 5.53. The summed E-state index contributed by atoms with van der Waals surface area (Å²) in [4.78, 5) is 0. The van der Waals surface area contributed by atoms with Crippen molar-refractivity contribution in [3.05, 3.63) is 57.6 Å². The van der Waals surface area contributed by atoms with Gasteiger partial charge in [-0.3, -0.25) is 0 Å². The average molecular weight is 292 g/mol. The van der Waals surface area contributed by atoms with Gasteiger partial charge in [0.05, 0.1) is 14.2 Å². The van der Waals surface area contributed by atoms with E-state index in [0.29, 0.717) is 0 Å². The van der Waals surface area contributed by atoms with Gasteiger partial charge in [-0.2, -0.15) is 0 Å². The monoisotopic (exact) mass is 292 g/mol. The third kappa shape index (κ3) is 2.52. The van der Waals surface area contributed by atoms with Crippen LogP contribution in [0.1, 0.15) is 33.4 Å². The van der Waals surface area contributed by atoms with E-state index in [1.807, 2.05) is 0 Å². The summed E-state index contributed by atoms with van der Waals surface area (Å²) in [7, 11) is 3.42. The molecule has 0 aliphatic heterocycles. The van der Waals surface area contributed by atoms with Crippen molar-refractivity contribution in [2.75, 3.05) is 14.2 Å². The van der Waals surface area contributed by atoms with Crippen LogP contribution in [0.3, 0.4) is 0 Å². The van der Waals surface area contributed by atoms with Crippen LogP contribution in [0, 0.1) is 13.8 Å². The van der Waals surface area contributed by atoms with Crippen LogP contribution in [-0.4, -0.2) is 14.2 Å². The summed E-state index contributed by atoms with van der Waals surface area (Å²) in [6.45, 7) is 4.24. The fourth-order valence-electron chi connectivity index (χ4n) is 2.78. The van der Waals surface area contributed by atoms with Gasteiger partial charge in [-0.25, -0.2) is 0 Å². The second-order valence-corrected chi connectivity index (χ2v) is 5.57. The van der Waals surface area contributed by atoms with E-state index in [1.54, 1.807) is 14.2 Å². The Morgan fingerprint density at radius 3 is 1.27 bits per heavy atom. The smallest absolute Gasteiger partial charge is 0.126 e. The topological polar surface area (TPSA) is 18.5 Å². The number of hydrogen-bond acceptors (Lipinski definition) is 2. The molecular formula is C20H20O2. The normalized spacial score (nSPS) is 15.1. The summed E-state index contributed by atoms with van der Waals surface area (Å²) < 4.78 is 11.1. The molecule has 6 rings (SSSR count). The molecule has 2 nitrogen and oxygen atoms in total. The molecule has 0 fully saturated rings. The van der Waals surface area contributed by atoms with E-state index in [4.69, 9.17) is 9.47 Å². The summed E-state index contributed by atoms with van der Waals surface area (Å²) in [6, 6.07) is 8.49. The number of benzene rings is 2. The van der Waals surface area contributed by atoms with Gasteiger partial charge in [-0.05, 0) is 60.4 Å². The van der Waals surface area contributed by atoms with E-state index in [1.165, 1.54) is 11.1 Å². The molecule has 2 heteroatoms. The van der Waals surface area contributed by atoms with Crippen LogP contribution >= 0.6 is 0 Å². The molecule has 0 saturated heterocycles. The quantitative estimate of drug-likeness (QED) is 0.663. The number of hydrogen-bond donors (Lipinski definition) is 0. The summed E-state index contributed by atoms with van der Waals surface area (Å²) in [5.41, 5.74) is 6.93. The largest absolute Gasteiger partial charge is 0.496 e. The lowest BCUT2D eigenvalue weighted by Gasteiger charge is -2.13. The van der Waals surface area contributed by atoms with Gasteiger partial charge in [0.1, 0.15) is 11.5 Å². The number of methoxy groups -OCH3 is 2. The minimum absolute atomic E-state index is 0.882. The van der Waals surface area contributed by atoms with Gasteiger partial charge < -0.3 is 9.47 Å². The molecule has 4 aliphatic rings. The van der Waals surface area contributed by atoms with E-state index >= 15 is 0 Å². The minimum atomic E-state index is 0.882. The summed E-state index contributed by atoms with van der Waals surface area (Å²) >= 11 is 0. The Balaban J connectivity index is 2.29. The maximum atomic E-state index is 5.53. The highest BCUT2D eigenvalue weighted by molar-refractivity contribution is 5.82. The number of rotatable bonds is 2. The second-order valence-electron chi connectivity index (χ2n) is 5.57. The molecule has 112 valence electrons. The van der Waals surface area contributed by atoms with Crippen molar-refractivity contribution in [3.63, 3.8) is 0 Å². The van der Waals surface area contributed by atoms with Crippen molar-refractivity contribution in [2.45, 2.75) is 13.8 Å². The summed E-state index contributed by atoms with van der Waals surface area (Å²) in [5, 5.41) is 0. The van der Waals surface area contributed by atoms with Gasteiger partial charge in [0.25, 0.3) is 0 Å². The van der Waals surface area contributed by atoms with Crippen molar-refractivity contribution < 1.29 is 9.47 Å². The average Bonchev–Trinajstić information content (AvgIpc) is 2.51. The molecule has 0 radical (unpaired) electrons. The van der Waals surface area contributed by atoms with Gasteiger partial charge in [0, 0.05) is 11.1 Å². The Morgan fingerprint density at radius 1 is 0.545 bits per heavy atom. The molecule has 0 N–H and O–H groups in total. The van der Waals surface area contributed by atoms with Crippen molar-refractivity contribution in [2.24, 2.45) is 0 Å². The molecule has 0 saturated carbocycles. The lowest BCUT2D eigenvalue weighted by Crippen LogP contribution is -1.94. The molecule has 2 aromatic carbocycles. The molecule has 4 bridgehead atoms. The highest BCUT2D eigenvalue weighted by Crippen LogP contribution is 2.31. The van der Waals surface area contributed by atoms with Crippen LogP contribution in [0.5, 0.6) is 11.5 Å². The molecular weight excluding hydrogens is 272 g/mol. The molecule has 0 atom stereocenters. The van der Waals surface area contributed by atoms with Crippen molar-refractivity contribution in [1.82, 2.24) is 0 Å². The Morgan fingerprint density at radius 2 is 0.909 bits per heavy atom. The SMILES string of the molecule is COc1cc2c(C)cc1/C=C\c1cc(C)c(cc1OC)/C=C\2. The molecule has 2 aromatic rings. The third-order valence-corrected chi connectivity index (χ3v) is 4.12. The Kier molecular flexibility index (Phi) is 3.76. The van der Waals surface area contributed by atoms with E-state index < -0.39 is 0 Å². The predicted octanol–water partition coefficient (Wildman–Crippen LogP) is 4.97. The summed E-state index contributed by atoms with van der Waals surface area (Å²) in [6.07, 6.45) is 8.43. The van der Waals surface area contributed by atoms with Crippen LogP contribution in [0.4, 0.5) is 0 Å². The van der Waals surface area contributed by atoms with E-state index in [9.17, 15) is 0 Å². The van der Waals surface area contributed by atoms with Crippen LogP contribution in [0.25, 0.3) is 24.3 Å². The zero-order chi connectivity index (χ0) is 15.7. The predicted molar refractivity (Wildman–Crippen MR) is 93.3 cm³/mol. The van der Waals surface area contributed by atoms with E-state index in [2.05, 4.69) is 62.4 Å². The zero-order valence-corrected chi connectivity index (χ0v) is 13.4. The van der Waals surface area contributed by atoms with Gasteiger partial charge in [-0.15, -0.1) is 0 Å². The molecule has 0 aromatic heterocycles. The van der Waals surface area contributed by atoms with Gasteiger partial charge in [0.2, 0.25) is 0 Å². The van der Waals surface area contributed by atoms with Crippen molar-refractivity contribution in [3.8, 4) is 11.5 Å². The molecule has 0 unspecified atom stereocenters. The van der Waals surface area contributed by atoms with Gasteiger partial charge in [0.15, 0.2) is 0 Å². The highest BCUT2D eigenvalue weighted by Gasteiger charge is 2.09. The third-order valence-electron chi connectivity index (χ3n) is 4.12. The summed E-state index contributed by atoms with van der Waals surface area (Å²) in [5.74, 6) is 1.76. The number of aryl methyl sites for hydroxylation is 2. The highest BCUT2D eigenvalue weighted by atomic mass is 16.5. The Bertz CT molecular complexity index is 717. The second kappa shape index (κ2) is 5.72. The Hall–Kier alpha value is -2.48. The Labute approximate surface area is 131 Å². The first-order valence-electron chi connectivity index (χ1n) is 7.36. The first kappa shape index (κ1) is 14.5.